The van der Waals surface area contributed by atoms with Crippen LogP contribution in [0, 0.1) is 16.0 Å². The van der Waals surface area contributed by atoms with Crippen molar-refractivity contribution in [2.24, 2.45) is 13.0 Å². The fourth-order valence-corrected chi connectivity index (χ4v) is 2.71. The summed E-state index contributed by atoms with van der Waals surface area (Å²) in [6.45, 7) is 0. The molecule has 1 aromatic heterocycles. The van der Waals surface area contributed by atoms with Crippen LogP contribution in [0.15, 0.2) is 6.33 Å². The highest BCUT2D eigenvalue weighted by Crippen LogP contribution is 2.30. The molecule has 20 heavy (non-hydrogen) atoms. The first-order valence-electron chi connectivity index (χ1n) is 6.65. The summed E-state index contributed by atoms with van der Waals surface area (Å²) in [5, 5.41) is 23.1. The molecule has 1 aromatic rings. The van der Waals surface area contributed by atoms with Crippen molar-refractivity contribution in [3.05, 3.63) is 16.4 Å². The smallest absolute Gasteiger partial charge is 0.406 e. The molecule has 0 saturated heterocycles. The van der Waals surface area contributed by atoms with Gasteiger partial charge < -0.3 is 20.5 Å². The fourth-order valence-electron chi connectivity index (χ4n) is 2.71. The second-order valence-corrected chi connectivity index (χ2v) is 5.14. The largest absolute Gasteiger partial charge is 0.480 e. The molecule has 1 unspecified atom stereocenters. The second kappa shape index (κ2) is 5.89. The summed E-state index contributed by atoms with van der Waals surface area (Å²) in [6, 6.07) is -0.815. The Morgan fingerprint density at radius 3 is 2.75 bits per heavy atom. The third kappa shape index (κ3) is 2.89. The van der Waals surface area contributed by atoms with Crippen molar-refractivity contribution < 1.29 is 14.8 Å². The first-order chi connectivity index (χ1) is 9.50. The Hall–Kier alpha value is -2.12. The van der Waals surface area contributed by atoms with E-state index in [0.717, 1.165) is 32.1 Å². The summed E-state index contributed by atoms with van der Waals surface area (Å²) in [5.41, 5.74) is 0. The predicted molar refractivity (Wildman–Crippen MR) is 71.5 cm³/mol. The van der Waals surface area contributed by atoms with E-state index in [-0.39, 0.29) is 17.6 Å². The second-order valence-electron chi connectivity index (χ2n) is 5.14. The van der Waals surface area contributed by atoms with Gasteiger partial charge in [-0.25, -0.2) is 4.79 Å². The Kier molecular flexibility index (Phi) is 4.21. The maximum absolute atomic E-state index is 11.5. The molecule has 0 radical (unpaired) electrons. The molecule has 2 rings (SSSR count). The number of rotatable bonds is 5. The molecule has 8 heteroatoms. The maximum Gasteiger partial charge on any atom is 0.406 e. The number of aliphatic carboxylic acids is 1. The van der Waals surface area contributed by atoms with E-state index in [2.05, 4.69) is 10.3 Å². The van der Waals surface area contributed by atoms with E-state index >= 15 is 0 Å². The predicted octanol–water partition coefficient (Wildman–Crippen LogP) is 1.77. The van der Waals surface area contributed by atoms with Crippen molar-refractivity contribution in [1.29, 1.82) is 0 Å². The van der Waals surface area contributed by atoms with Gasteiger partial charge in [0.25, 0.3) is 0 Å². The lowest BCUT2D eigenvalue weighted by Gasteiger charge is -2.28. The number of nitro groups is 1. The number of nitrogens with zero attached hydrogens (tertiary/aromatic N) is 3. The van der Waals surface area contributed by atoms with Crippen molar-refractivity contribution in [2.75, 3.05) is 5.32 Å². The highest BCUT2D eigenvalue weighted by Gasteiger charge is 2.32. The van der Waals surface area contributed by atoms with Gasteiger partial charge in [0.1, 0.15) is 6.04 Å². The highest BCUT2D eigenvalue weighted by molar-refractivity contribution is 5.78. The number of hydrogen-bond acceptors (Lipinski definition) is 5. The molecule has 1 fully saturated rings. The van der Waals surface area contributed by atoms with Crippen LogP contribution >= 0.6 is 0 Å². The molecular weight excluding hydrogens is 264 g/mol. The highest BCUT2D eigenvalue weighted by atomic mass is 16.6. The van der Waals surface area contributed by atoms with Crippen LogP contribution in [-0.2, 0) is 11.8 Å². The lowest BCUT2D eigenvalue weighted by molar-refractivity contribution is -0.388. The summed E-state index contributed by atoms with van der Waals surface area (Å²) in [6.07, 6.45) is 6.09. The van der Waals surface area contributed by atoms with Gasteiger partial charge in [-0.1, -0.05) is 19.3 Å². The molecule has 2 N–H and O–H groups in total. The standard InChI is InChI=1S/C12H18N4O4/c1-15-7-13-10(16(19)20)11(15)14-9(12(17)18)8-5-3-2-4-6-8/h7-9,14H,2-6H2,1H3,(H,17,18). The lowest BCUT2D eigenvalue weighted by atomic mass is 9.84. The molecule has 0 spiro atoms. The quantitative estimate of drug-likeness (QED) is 0.629. The van der Waals surface area contributed by atoms with Crippen molar-refractivity contribution >= 4 is 17.6 Å². The number of nitrogens with one attached hydrogen (secondary N) is 1. The molecule has 0 bridgehead atoms. The number of anilines is 1. The number of aromatic nitrogens is 2. The number of aryl methyl sites for hydroxylation is 1. The van der Waals surface area contributed by atoms with Crippen LogP contribution < -0.4 is 5.32 Å². The topological polar surface area (TPSA) is 110 Å². The van der Waals surface area contributed by atoms with Gasteiger partial charge in [-0.3, -0.25) is 4.57 Å². The molecule has 110 valence electrons. The zero-order valence-electron chi connectivity index (χ0n) is 11.3. The minimum Gasteiger partial charge on any atom is -0.480 e. The molecule has 1 atom stereocenters. The maximum atomic E-state index is 11.5. The Balaban J connectivity index is 2.22. The average Bonchev–Trinajstić information content (AvgIpc) is 2.78. The third-order valence-corrected chi connectivity index (χ3v) is 3.77. The molecule has 0 aliphatic heterocycles. The Labute approximate surface area is 116 Å². The first kappa shape index (κ1) is 14.3. The van der Waals surface area contributed by atoms with Gasteiger partial charge in [0.2, 0.25) is 12.1 Å². The van der Waals surface area contributed by atoms with E-state index in [0.29, 0.717) is 0 Å². The summed E-state index contributed by atoms with van der Waals surface area (Å²) >= 11 is 0. The van der Waals surface area contributed by atoms with E-state index in [1.54, 1.807) is 7.05 Å². The lowest BCUT2D eigenvalue weighted by Crippen LogP contribution is -2.38. The van der Waals surface area contributed by atoms with E-state index in [1.165, 1.54) is 10.9 Å². The minimum absolute atomic E-state index is 0.00393. The minimum atomic E-state index is -0.979. The number of carbonyl (C=O) groups is 1. The zero-order valence-corrected chi connectivity index (χ0v) is 11.3. The van der Waals surface area contributed by atoms with Gasteiger partial charge in [0, 0.05) is 7.05 Å². The van der Waals surface area contributed by atoms with Crippen molar-refractivity contribution in [3.8, 4) is 0 Å². The molecule has 8 nitrogen and oxygen atoms in total. The molecule has 0 amide bonds. The monoisotopic (exact) mass is 282 g/mol. The van der Waals surface area contributed by atoms with E-state index in [4.69, 9.17) is 0 Å². The van der Waals surface area contributed by atoms with Crippen LogP contribution in [0.2, 0.25) is 0 Å². The van der Waals surface area contributed by atoms with Crippen LogP contribution in [0.3, 0.4) is 0 Å². The van der Waals surface area contributed by atoms with Crippen LogP contribution in [0.5, 0.6) is 0 Å². The van der Waals surface area contributed by atoms with Gasteiger partial charge in [-0.15, -0.1) is 0 Å². The number of hydrogen-bond donors (Lipinski definition) is 2. The van der Waals surface area contributed by atoms with Crippen molar-refractivity contribution in [3.63, 3.8) is 0 Å². The Morgan fingerprint density at radius 2 is 2.20 bits per heavy atom. The van der Waals surface area contributed by atoms with Gasteiger partial charge in [0.15, 0.2) is 0 Å². The Bertz CT molecular complexity index is 508. The molecule has 1 saturated carbocycles. The van der Waals surface area contributed by atoms with Gasteiger partial charge in [0.05, 0.1) is 0 Å². The molecule has 1 heterocycles. The Morgan fingerprint density at radius 1 is 1.55 bits per heavy atom. The number of carboxylic acids is 1. The summed E-state index contributed by atoms with van der Waals surface area (Å²) in [5.74, 6) is -1.18. The number of carboxylic acid groups (broad SMARTS) is 1. The van der Waals surface area contributed by atoms with Crippen LogP contribution in [0.1, 0.15) is 32.1 Å². The van der Waals surface area contributed by atoms with E-state index < -0.39 is 16.9 Å². The van der Waals surface area contributed by atoms with Gasteiger partial charge in [-0.2, -0.15) is 0 Å². The summed E-state index contributed by atoms with van der Waals surface area (Å²) in [4.78, 5) is 25.4. The number of imidazole rings is 1. The van der Waals surface area contributed by atoms with Crippen LogP contribution in [0.25, 0.3) is 0 Å². The normalized spacial score (nSPS) is 17.6. The molecule has 1 aliphatic rings. The zero-order chi connectivity index (χ0) is 14.7. The van der Waals surface area contributed by atoms with Crippen LogP contribution in [0.4, 0.5) is 11.6 Å². The summed E-state index contributed by atoms with van der Waals surface area (Å²) in [7, 11) is 1.60. The SMILES string of the molecule is Cn1cnc([N+](=O)[O-])c1NC(C(=O)O)C1CCCCC1. The van der Waals surface area contributed by atoms with Crippen LogP contribution in [-0.4, -0.2) is 31.6 Å². The molecule has 1 aliphatic carbocycles. The van der Waals surface area contributed by atoms with Gasteiger partial charge >= 0.3 is 11.8 Å². The van der Waals surface area contributed by atoms with Gasteiger partial charge in [-0.05, 0) is 28.7 Å². The fraction of sp³-hybridized carbons (Fsp3) is 0.667. The van der Waals surface area contributed by atoms with E-state index in [1.807, 2.05) is 0 Å². The van der Waals surface area contributed by atoms with Crippen molar-refractivity contribution in [2.45, 2.75) is 38.1 Å². The first-order valence-corrected chi connectivity index (χ1v) is 6.65. The average molecular weight is 282 g/mol. The third-order valence-electron chi connectivity index (χ3n) is 3.77. The van der Waals surface area contributed by atoms with E-state index in [9.17, 15) is 20.0 Å². The van der Waals surface area contributed by atoms with Crippen molar-refractivity contribution in [1.82, 2.24) is 9.55 Å². The molecule has 0 aromatic carbocycles. The molecular formula is C12H18N4O4. The summed E-state index contributed by atoms with van der Waals surface area (Å²) < 4.78 is 1.44.